The van der Waals surface area contributed by atoms with Crippen molar-refractivity contribution in [3.05, 3.63) is 33.9 Å². The summed E-state index contributed by atoms with van der Waals surface area (Å²) in [5, 5.41) is 7.48. The lowest BCUT2D eigenvalue weighted by molar-refractivity contribution is -0.142. The molecule has 3 rings (SSSR count). The fraction of sp³-hybridized carbons (Fsp3) is 0.632. The minimum Gasteiger partial charge on any atom is -0.338 e. The van der Waals surface area contributed by atoms with Crippen LogP contribution < -0.4 is 0 Å². The maximum atomic E-state index is 13.1. The largest absolute Gasteiger partial charge is 0.436 e. The maximum Gasteiger partial charge on any atom is 0.436 e. The molecule has 0 spiro atoms. The van der Waals surface area contributed by atoms with Crippen LogP contribution in [0, 0.1) is 13.8 Å². The standard InChI is InChI=1S/C19H26ClF3N6O/c1-5-28-12(2)15(10-24-28)11-26-6-8-27(9-7-26)18(30)14(4)29-13(3)16(20)17(25-29)19(21,22)23/h10,14H,5-9,11H2,1-4H3/t14-/m0/s1. The Bertz CT molecular complexity index is 914. The van der Waals surface area contributed by atoms with Gasteiger partial charge in [0.25, 0.3) is 0 Å². The van der Waals surface area contributed by atoms with Crippen molar-refractivity contribution in [2.24, 2.45) is 0 Å². The molecule has 0 N–H and O–H groups in total. The molecule has 1 aliphatic heterocycles. The molecule has 7 nitrogen and oxygen atoms in total. The number of hydrogen-bond acceptors (Lipinski definition) is 4. The molecule has 0 saturated carbocycles. The highest BCUT2D eigenvalue weighted by Gasteiger charge is 2.39. The number of halogens is 4. The normalized spacial score (nSPS) is 16.9. The molecular formula is C19H26ClF3N6O. The zero-order valence-corrected chi connectivity index (χ0v) is 18.3. The zero-order chi connectivity index (χ0) is 22.2. The van der Waals surface area contributed by atoms with Gasteiger partial charge in [-0.25, -0.2) is 0 Å². The van der Waals surface area contributed by atoms with Crippen molar-refractivity contribution in [1.82, 2.24) is 29.4 Å². The Kier molecular flexibility index (Phi) is 6.47. The Labute approximate surface area is 178 Å². The van der Waals surface area contributed by atoms with Crippen molar-refractivity contribution in [2.45, 2.75) is 53.0 Å². The van der Waals surface area contributed by atoms with Crippen LogP contribution in [0.5, 0.6) is 0 Å². The molecule has 3 heterocycles. The highest BCUT2D eigenvalue weighted by molar-refractivity contribution is 6.32. The van der Waals surface area contributed by atoms with Crippen LogP contribution in [-0.2, 0) is 24.1 Å². The van der Waals surface area contributed by atoms with Crippen molar-refractivity contribution in [1.29, 1.82) is 0 Å². The van der Waals surface area contributed by atoms with Gasteiger partial charge in [0.15, 0.2) is 5.69 Å². The Balaban J connectivity index is 1.63. The molecule has 1 atom stereocenters. The number of aromatic nitrogens is 4. The molecule has 2 aromatic heterocycles. The van der Waals surface area contributed by atoms with Gasteiger partial charge in [-0.1, -0.05) is 11.6 Å². The molecule has 0 aromatic carbocycles. The predicted molar refractivity (Wildman–Crippen MR) is 106 cm³/mol. The summed E-state index contributed by atoms with van der Waals surface area (Å²) < 4.78 is 42.2. The van der Waals surface area contributed by atoms with Crippen molar-refractivity contribution in [3.63, 3.8) is 0 Å². The maximum absolute atomic E-state index is 13.1. The second kappa shape index (κ2) is 8.58. The number of alkyl halides is 3. The summed E-state index contributed by atoms with van der Waals surface area (Å²) in [5.74, 6) is -0.263. The van der Waals surface area contributed by atoms with Crippen LogP contribution in [0.4, 0.5) is 13.2 Å². The van der Waals surface area contributed by atoms with Gasteiger partial charge in [-0.05, 0) is 27.7 Å². The molecule has 0 radical (unpaired) electrons. The summed E-state index contributed by atoms with van der Waals surface area (Å²) in [7, 11) is 0. The zero-order valence-electron chi connectivity index (χ0n) is 17.5. The first kappa shape index (κ1) is 22.6. The third kappa shape index (κ3) is 4.34. The van der Waals surface area contributed by atoms with Crippen LogP contribution in [0.1, 0.15) is 42.5 Å². The predicted octanol–water partition coefficient (Wildman–Crippen LogP) is 3.29. The number of amides is 1. The first-order valence-corrected chi connectivity index (χ1v) is 10.3. The molecule has 30 heavy (non-hydrogen) atoms. The summed E-state index contributed by atoms with van der Waals surface area (Å²) in [5.41, 5.74) is 1.27. The summed E-state index contributed by atoms with van der Waals surface area (Å²) in [4.78, 5) is 16.8. The van der Waals surface area contributed by atoms with Crippen molar-refractivity contribution >= 4 is 17.5 Å². The van der Waals surface area contributed by atoms with E-state index in [-0.39, 0.29) is 11.6 Å². The molecule has 0 aliphatic carbocycles. The highest BCUT2D eigenvalue weighted by Crippen LogP contribution is 2.36. The Morgan fingerprint density at radius 1 is 1.20 bits per heavy atom. The lowest BCUT2D eigenvalue weighted by atomic mass is 10.2. The fourth-order valence-corrected chi connectivity index (χ4v) is 3.98. The molecule has 1 fully saturated rings. The molecule has 1 saturated heterocycles. The number of carbonyl (C=O) groups is 1. The summed E-state index contributed by atoms with van der Waals surface area (Å²) in [6.45, 7) is 11.0. The summed E-state index contributed by atoms with van der Waals surface area (Å²) in [6, 6.07) is -0.866. The van der Waals surface area contributed by atoms with Crippen LogP contribution >= 0.6 is 11.6 Å². The second-order valence-electron chi connectivity index (χ2n) is 7.54. The van der Waals surface area contributed by atoms with E-state index in [0.29, 0.717) is 26.2 Å². The van der Waals surface area contributed by atoms with E-state index >= 15 is 0 Å². The van der Waals surface area contributed by atoms with E-state index in [0.717, 1.165) is 29.0 Å². The van der Waals surface area contributed by atoms with Crippen LogP contribution in [0.3, 0.4) is 0 Å². The Hall–Kier alpha value is -2.07. The van der Waals surface area contributed by atoms with Crippen molar-refractivity contribution < 1.29 is 18.0 Å². The van der Waals surface area contributed by atoms with E-state index < -0.39 is 22.9 Å². The van der Waals surface area contributed by atoms with Crippen LogP contribution in [0.25, 0.3) is 0 Å². The average Bonchev–Trinajstić information content (AvgIpc) is 3.21. The van der Waals surface area contributed by atoms with Gasteiger partial charge in [0.1, 0.15) is 6.04 Å². The lowest BCUT2D eigenvalue weighted by Crippen LogP contribution is -2.50. The van der Waals surface area contributed by atoms with E-state index in [2.05, 4.69) is 15.1 Å². The number of nitrogens with zero attached hydrogens (tertiary/aromatic N) is 6. The average molecular weight is 447 g/mol. The summed E-state index contributed by atoms with van der Waals surface area (Å²) >= 11 is 5.81. The Morgan fingerprint density at radius 3 is 2.33 bits per heavy atom. The third-order valence-corrected chi connectivity index (χ3v) is 6.10. The molecule has 2 aromatic rings. The Morgan fingerprint density at radius 2 is 1.83 bits per heavy atom. The van der Waals surface area contributed by atoms with Crippen molar-refractivity contribution in [2.75, 3.05) is 26.2 Å². The van der Waals surface area contributed by atoms with Gasteiger partial charge in [-0.15, -0.1) is 0 Å². The minimum atomic E-state index is -4.66. The van der Waals surface area contributed by atoms with Gasteiger partial charge >= 0.3 is 6.18 Å². The number of piperazine rings is 1. The monoisotopic (exact) mass is 446 g/mol. The van der Waals surface area contributed by atoms with Crippen LogP contribution in [-0.4, -0.2) is 61.4 Å². The van der Waals surface area contributed by atoms with Gasteiger partial charge in [0, 0.05) is 50.5 Å². The molecule has 0 bridgehead atoms. The molecule has 0 unspecified atom stereocenters. The van der Waals surface area contributed by atoms with Crippen LogP contribution in [0.15, 0.2) is 6.20 Å². The van der Waals surface area contributed by atoms with Gasteiger partial charge in [0.2, 0.25) is 5.91 Å². The van der Waals surface area contributed by atoms with E-state index in [1.54, 1.807) is 11.8 Å². The smallest absolute Gasteiger partial charge is 0.338 e. The van der Waals surface area contributed by atoms with E-state index in [1.165, 1.54) is 6.92 Å². The third-order valence-electron chi connectivity index (χ3n) is 5.65. The minimum absolute atomic E-state index is 0.131. The van der Waals surface area contributed by atoms with E-state index in [9.17, 15) is 18.0 Å². The number of hydrogen-bond donors (Lipinski definition) is 0. The lowest BCUT2D eigenvalue weighted by Gasteiger charge is -2.36. The van der Waals surface area contributed by atoms with Crippen molar-refractivity contribution in [3.8, 4) is 0 Å². The van der Waals surface area contributed by atoms with Gasteiger partial charge in [-0.3, -0.25) is 19.1 Å². The quantitative estimate of drug-likeness (QED) is 0.707. The fourth-order valence-electron chi connectivity index (χ4n) is 3.75. The number of aryl methyl sites for hydroxylation is 1. The molecule has 166 valence electrons. The van der Waals surface area contributed by atoms with E-state index in [4.69, 9.17) is 11.6 Å². The van der Waals surface area contributed by atoms with E-state index in [1.807, 2.05) is 24.7 Å². The molecular weight excluding hydrogens is 421 g/mol. The van der Waals surface area contributed by atoms with Gasteiger partial charge in [-0.2, -0.15) is 23.4 Å². The SMILES string of the molecule is CCn1ncc(CN2CCN(C(=O)[C@H](C)n3nc(C(F)(F)F)c(Cl)c3C)CC2)c1C. The molecule has 1 aliphatic rings. The molecule has 1 amide bonds. The summed E-state index contributed by atoms with van der Waals surface area (Å²) in [6.07, 6.45) is -2.79. The van der Waals surface area contributed by atoms with Gasteiger partial charge in [0.05, 0.1) is 16.9 Å². The molecule has 11 heteroatoms. The highest BCUT2D eigenvalue weighted by atomic mass is 35.5. The first-order chi connectivity index (χ1) is 14.0. The second-order valence-corrected chi connectivity index (χ2v) is 7.92. The number of rotatable bonds is 5. The number of carbonyl (C=O) groups excluding carboxylic acids is 1. The topological polar surface area (TPSA) is 59.2 Å². The first-order valence-electron chi connectivity index (χ1n) is 9.88. The van der Waals surface area contributed by atoms with Gasteiger partial charge < -0.3 is 4.90 Å². The van der Waals surface area contributed by atoms with Crippen LogP contribution in [0.2, 0.25) is 5.02 Å².